The minimum Gasteiger partial charge on any atom is -0.482 e. The van der Waals surface area contributed by atoms with Crippen molar-refractivity contribution in [3.8, 4) is 5.75 Å². The van der Waals surface area contributed by atoms with Gasteiger partial charge in [0.1, 0.15) is 5.75 Å². The van der Waals surface area contributed by atoms with Crippen LogP contribution in [0, 0.1) is 0 Å². The Bertz CT molecular complexity index is 477. The first-order chi connectivity index (χ1) is 9.54. The van der Waals surface area contributed by atoms with Gasteiger partial charge in [0.15, 0.2) is 6.61 Å². The van der Waals surface area contributed by atoms with E-state index in [2.05, 4.69) is 17.4 Å². The van der Waals surface area contributed by atoms with Crippen molar-refractivity contribution < 1.29 is 9.53 Å². The molecule has 0 bridgehead atoms. The van der Waals surface area contributed by atoms with Gasteiger partial charge in [-0.2, -0.15) is 0 Å². The monoisotopic (exact) mass is 317 g/mol. The highest BCUT2D eigenvalue weighted by Crippen LogP contribution is 2.27. The molecule has 1 fully saturated rings. The van der Waals surface area contributed by atoms with Crippen molar-refractivity contribution in [2.75, 3.05) is 39.8 Å². The van der Waals surface area contributed by atoms with Gasteiger partial charge in [-0.05, 0) is 25.2 Å². The van der Waals surface area contributed by atoms with Crippen LogP contribution in [0.5, 0.6) is 5.75 Å². The second-order valence-corrected chi connectivity index (χ2v) is 5.53. The zero-order chi connectivity index (χ0) is 14.5. The van der Waals surface area contributed by atoms with Crippen molar-refractivity contribution in [1.82, 2.24) is 15.3 Å². The van der Waals surface area contributed by atoms with E-state index in [1.54, 1.807) is 18.2 Å². The van der Waals surface area contributed by atoms with Crippen LogP contribution in [0.15, 0.2) is 18.2 Å². The molecule has 1 aromatic rings. The number of nitrogens with one attached hydrogen (secondary N) is 1. The Hall–Kier alpha value is -1.01. The minimum absolute atomic E-state index is 0.0757. The van der Waals surface area contributed by atoms with E-state index < -0.39 is 0 Å². The van der Waals surface area contributed by atoms with Crippen molar-refractivity contribution in [2.45, 2.75) is 0 Å². The fourth-order valence-electron chi connectivity index (χ4n) is 1.86. The molecule has 0 atom stereocenters. The molecule has 1 N–H and O–H groups in total. The van der Waals surface area contributed by atoms with E-state index in [0.717, 1.165) is 26.2 Å². The summed E-state index contributed by atoms with van der Waals surface area (Å²) in [6, 6.07) is 4.89. The van der Waals surface area contributed by atoms with Gasteiger partial charge < -0.3 is 9.64 Å². The lowest BCUT2D eigenvalue weighted by molar-refractivity contribution is -0.128. The van der Waals surface area contributed by atoms with E-state index >= 15 is 0 Å². The average Bonchev–Trinajstić information content (AvgIpc) is 2.40. The molecule has 1 amide bonds. The summed E-state index contributed by atoms with van der Waals surface area (Å²) >= 11 is 11.8. The maximum absolute atomic E-state index is 11.8. The molecule has 1 aliphatic heterocycles. The smallest absolute Gasteiger partial charge is 0.272 e. The molecule has 0 spiro atoms. The van der Waals surface area contributed by atoms with Gasteiger partial charge in [-0.3, -0.25) is 10.2 Å². The Morgan fingerprint density at radius 2 is 2.00 bits per heavy atom. The maximum Gasteiger partial charge on any atom is 0.272 e. The predicted molar refractivity (Wildman–Crippen MR) is 79.2 cm³/mol. The topological polar surface area (TPSA) is 44.8 Å². The number of ether oxygens (including phenoxy) is 1. The summed E-state index contributed by atoms with van der Waals surface area (Å²) in [4.78, 5) is 14.0. The summed E-state index contributed by atoms with van der Waals surface area (Å²) in [6.45, 7) is 3.41. The molecular weight excluding hydrogens is 301 g/mol. The van der Waals surface area contributed by atoms with Crippen LogP contribution in [0.4, 0.5) is 0 Å². The SMILES string of the molecule is CN1CCN(NC(=O)COc2ccc(Cl)cc2Cl)CC1. The number of benzene rings is 1. The number of amides is 1. The normalized spacial score (nSPS) is 16.9. The highest BCUT2D eigenvalue weighted by molar-refractivity contribution is 6.35. The van der Waals surface area contributed by atoms with E-state index in [1.165, 1.54) is 0 Å². The van der Waals surface area contributed by atoms with Gasteiger partial charge in [-0.25, -0.2) is 5.01 Å². The largest absolute Gasteiger partial charge is 0.482 e. The van der Waals surface area contributed by atoms with Gasteiger partial charge >= 0.3 is 0 Å². The van der Waals surface area contributed by atoms with Crippen LogP contribution in [0.1, 0.15) is 0 Å². The van der Waals surface area contributed by atoms with Crippen LogP contribution in [-0.4, -0.2) is 55.6 Å². The Morgan fingerprint density at radius 3 is 2.65 bits per heavy atom. The Kier molecular flexibility index (Phi) is 5.48. The predicted octanol–water partition coefficient (Wildman–Crippen LogP) is 1.65. The van der Waals surface area contributed by atoms with Gasteiger partial charge in [-0.1, -0.05) is 23.2 Å². The molecule has 1 heterocycles. The van der Waals surface area contributed by atoms with Crippen molar-refractivity contribution >= 4 is 29.1 Å². The van der Waals surface area contributed by atoms with Crippen molar-refractivity contribution in [2.24, 2.45) is 0 Å². The third-order valence-electron chi connectivity index (χ3n) is 3.04. The molecule has 1 aromatic carbocycles. The van der Waals surface area contributed by atoms with Crippen molar-refractivity contribution in [3.63, 3.8) is 0 Å². The molecule has 7 heteroatoms. The lowest BCUT2D eigenvalue weighted by Crippen LogP contribution is -2.53. The Morgan fingerprint density at radius 1 is 1.30 bits per heavy atom. The average molecular weight is 318 g/mol. The van der Waals surface area contributed by atoms with Crippen LogP contribution in [0.3, 0.4) is 0 Å². The summed E-state index contributed by atoms with van der Waals surface area (Å²) in [5, 5.41) is 2.82. The molecule has 20 heavy (non-hydrogen) atoms. The van der Waals surface area contributed by atoms with Crippen LogP contribution < -0.4 is 10.2 Å². The van der Waals surface area contributed by atoms with Crippen molar-refractivity contribution in [1.29, 1.82) is 0 Å². The maximum atomic E-state index is 11.8. The molecule has 0 saturated carbocycles. The van der Waals surface area contributed by atoms with Crippen LogP contribution >= 0.6 is 23.2 Å². The fourth-order valence-corrected chi connectivity index (χ4v) is 2.33. The number of halogens is 2. The van der Waals surface area contributed by atoms with Gasteiger partial charge in [0.2, 0.25) is 0 Å². The molecule has 1 saturated heterocycles. The molecule has 5 nitrogen and oxygen atoms in total. The number of piperazine rings is 1. The van der Waals surface area contributed by atoms with E-state index in [1.807, 2.05) is 5.01 Å². The molecule has 0 aromatic heterocycles. The van der Waals surface area contributed by atoms with E-state index in [-0.39, 0.29) is 12.5 Å². The number of carbonyl (C=O) groups excluding carboxylic acids is 1. The quantitative estimate of drug-likeness (QED) is 0.917. The van der Waals surface area contributed by atoms with Crippen LogP contribution in [0.25, 0.3) is 0 Å². The zero-order valence-electron chi connectivity index (χ0n) is 11.2. The third-order valence-corrected chi connectivity index (χ3v) is 3.57. The molecular formula is C13H17Cl2N3O2. The highest BCUT2D eigenvalue weighted by Gasteiger charge is 2.16. The molecule has 0 aliphatic carbocycles. The third kappa shape index (κ3) is 4.52. The van der Waals surface area contributed by atoms with E-state index in [0.29, 0.717) is 15.8 Å². The second kappa shape index (κ2) is 7.13. The van der Waals surface area contributed by atoms with Crippen LogP contribution in [0.2, 0.25) is 10.0 Å². The zero-order valence-corrected chi connectivity index (χ0v) is 12.7. The first-order valence-electron chi connectivity index (χ1n) is 6.35. The number of rotatable bonds is 4. The number of hydrogen-bond acceptors (Lipinski definition) is 4. The number of hydrogen-bond donors (Lipinski definition) is 1. The Labute approximate surface area is 128 Å². The first-order valence-corrected chi connectivity index (χ1v) is 7.11. The van der Waals surface area contributed by atoms with Gasteiger partial charge in [0, 0.05) is 31.2 Å². The van der Waals surface area contributed by atoms with Crippen molar-refractivity contribution in [3.05, 3.63) is 28.2 Å². The lowest BCUT2D eigenvalue weighted by atomic mass is 10.3. The number of hydrazine groups is 1. The molecule has 0 unspecified atom stereocenters. The highest BCUT2D eigenvalue weighted by atomic mass is 35.5. The fraction of sp³-hybridized carbons (Fsp3) is 0.462. The summed E-state index contributed by atoms with van der Waals surface area (Å²) in [5.74, 6) is 0.255. The van der Waals surface area contributed by atoms with E-state index in [9.17, 15) is 4.79 Å². The number of carbonyl (C=O) groups is 1. The molecule has 110 valence electrons. The van der Waals surface area contributed by atoms with Gasteiger partial charge in [0.25, 0.3) is 5.91 Å². The molecule has 1 aliphatic rings. The Balaban J connectivity index is 1.77. The summed E-state index contributed by atoms with van der Waals surface area (Å²) in [7, 11) is 2.06. The van der Waals surface area contributed by atoms with Crippen LogP contribution in [-0.2, 0) is 4.79 Å². The number of nitrogens with zero attached hydrogens (tertiary/aromatic N) is 2. The van der Waals surface area contributed by atoms with Gasteiger partial charge in [0.05, 0.1) is 5.02 Å². The van der Waals surface area contributed by atoms with E-state index in [4.69, 9.17) is 27.9 Å². The van der Waals surface area contributed by atoms with Gasteiger partial charge in [-0.15, -0.1) is 0 Å². The standard InChI is InChI=1S/C13H17Cl2N3O2/c1-17-4-6-18(7-5-17)16-13(19)9-20-12-3-2-10(14)8-11(12)15/h2-3,8H,4-7,9H2,1H3,(H,16,19). The lowest BCUT2D eigenvalue weighted by Gasteiger charge is -2.32. The second-order valence-electron chi connectivity index (χ2n) is 4.69. The summed E-state index contributed by atoms with van der Waals surface area (Å²) in [6.07, 6.45) is 0. The first kappa shape index (κ1) is 15.4. The molecule has 2 rings (SSSR count). The molecule has 0 radical (unpaired) electrons. The minimum atomic E-state index is -0.194. The summed E-state index contributed by atoms with van der Waals surface area (Å²) < 4.78 is 5.38. The summed E-state index contributed by atoms with van der Waals surface area (Å²) in [5.41, 5.74) is 2.81. The number of likely N-dealkylation sites (N-methyl/N-ethyl adjacent to an activating group) is 1.